The SMILES string of the molecule is CC(C)(C)OC(=O)N(CCc1ccc(-c2ccc(C(=O)NS(C)(=O)=O)c(OC3CCCCC3)c2)cc1)C[C@H](O)c1cccc(N)c1. The molecule has 46 heavy (non-hydrogen) atoms. The molecule has 4 N–H and O–H groups in total. The van der Waals surface area contributed by atoms with Gasteiger partial charge in [0.05, 0.1) is 30.6 Å². The summed E-state index contributed by atoms with van der Waals surface area (Å²) >= 11 is 0. The summed E-state index contributed by atoms with van der Waals surface area (Å²) in [7, 11) is -3.74. The van der Waals surface area contributed by atoms with Gasteiger partial charge in [0.2, 0.25) is 10.0 Å². The maximum atomic E-state index is 13.1. The molecule has 0 radical (unpaired) electrons. The number of nitrogen functional groups attached to an aromatic ring is 1. The molecule has 1 aliphatic carbocycles. The Hall–Kier alpha value is -4.09. The van der Waals surface area contributed by atoms with Crippen LogP contribution in [0.3, 0.4) is 0 Å². The van der Waals surface area contributed by atoms with Crippen molar-refractivity contribution >= 4 is 27.7 Å². The number of nitrogens with one attached hydrogen (secondary N) is 1. The highest BCUT2D eigenvalue weighted by Crippen LogP contribution is 2.31. The number of sulfonamides is 1. The van der Waals surface area contributed by atoms with Gasteiger partial charge in [0.1, 0.15) is 11.4 Å². The van der Waals surface area contributed by atoms with Crippen LogP contribution in [0, 0.1) is 0 Å². The van der Waals surface area contributed by atoms with E-state index >= 15 is 0 Å². The minimum Gasteiger partial charge on any atom is -0.490 e. The van der Waals surface area contributed by atoms with Crippen molar-refractivity contribution in [1.82, 2.24) is 9.62 Å². The van der Waals surface area contributed by atoms with Gasteiger partial charge in [-0.3, -0.25) is 4.79 Å². The Morgan fingerprint density at radius 2 is 1.67 bits per heavy atom. The van der Waals surface area contributed by atoms with Crippen molar-refractivity contribution in [2.45, 2.75) is 77.1 Å². The van der Waals surface area contributed by atoms with E-state index in [-0.39, 0.29) is 18.2 Å². The Kier molecular flexibility index (Phi) is 11.3. The number of carbonyl (C=O) groups excluding carboxylic acids is 2. The number of rotatable bonds is 11. The van der Waals surface area contributed by atoms with Crippen LogP contribution < -0.4 is 15.2 Å². The molecule has 1 atom stereocenters. The largest absolute Gasteiger partial charge is 0.490 e. The fraction of sp³-hybridized carbons (Fsp3) is 0.429. The summed E-state index contributed by atoms with van der Waals surface area (Å²) in [5.74, 6) is -0.382. The van der Waals surface area contributed by atoms with Gasteiger partial charge < -0.3 is 25.2 Å². The number of carbonyl (C=O) groups is 2. The highest BCUT2D eigenvalue weighted by atomic mass is 32.2. The molecular formula is C35H45N3O7S. The molecule has 0 spiro atoms. The van der Waals surface area contributed by atoms with Gasteiger partial charge in [0, 0.05) is 12.2 Å². The molecule has 0 unspecified atom stereocenters. The lowest BCUT2D eigenvalue weighted by atomic mass is 9.97. The van der Waals surface area contributed by atoms with E-state index in [1.54, 1.807) is 63.2 Å². The number of benzene rings is 3. The number of hydrogen-bond acceptors (Lipinski definition) is 8. The molecule has 2 amide bonds. The molecule has 0 saturated heterocycles. The standard InChI is InChI=1S/C35H45N3O7S/c1-35(2,3)45-34(41)38(23-31(39)27-9-8-10-28(36)21-27)20-19-24-13-15-25(16-14-24)26-17-18-30(33(40)37-46(4,42)43)32(22-26)44-29-11-6-5-7-12-29/h8-10,13-18,21-22,29,31,39H,5-7,11-12,19-20,23,36H2,1-4H3,(H,37,40)/t31-/m0/s1. The first-order valence-corrected chi connectivity index (χ1v) is 17.5. The maximum Gasteiger partial charge on any atom is 0.410 e. The number of anilines is 1. The van der Waals surface area contributed by atoms with E-state index in [4.69, 9.17) is 15.2 Å². The summed E-state index contributed by atoms with van der Waals surface area (Å²) in [4.78, 5) is 27.4. The molecule has 4 rings (SSSR count). The molecule has 1 saturated carbocycles. The molecule has 1 aliphatic rings. The van der Waals surface area contributed by atoms with Crippen molar-refractivity contribution in [3.05, 3.63) is 83.4 Å². The summed E-state index contributed by atoms with van der Waals surface area (Å²) in [6.45, 7) is 5.75. The minimum absolute atomic E-state index is 0.0400. The van der Waals surface area contributed by atoms with Crippen molar-refractivity contribution in [3.8, 4) is 16.9 Å². The van der Waals surface area contributed by atoms with Crippen molar-refractivity contribution in [3.63, 3.8) is 0 Å². The zero-order valence-electron chi connectivity index (χ0n) is 27.0. The Labute approximate surface area is 271 Å². The smallest absolute Gasteiger partial charge is 0.410 e. The Morgan fingerprint density at radius 3 is 2.30 bits per heavy atom. The van der Waals surface area contributed by atoms with Crippen LogP contribution in [0.1, 0.15) is 80.5 Å². The number of nitrogens with zero attached hydrogens (tertiary/aromatic N) is 1. The highest BCUT2D eigenvalue weighted by molar-refractivity contribution is 7.89. The van der Waals surface area contributed by atoms with Crippen LogP contribution in [0.15, 0.2) is 66.7 Å². The lowest BCUT2D eigenvalue weighted by Gasteiger charge is -2.29. The fourth-order valence-corrected chi connectivity index (χ4v) is 5.81. The number of nitrogens with two attached hydrogens (primary N) is 1. The third-order valence-electron chi connectivity index (χ3n) is 7.65. The molecule has 3 aromatic carbocycles. The third-order valence-corrected chi connectivity index (χ3v) is 8.20. The van der Waals surface area contributed by atoms with Gasteiger partial charge in [0.25, 0.3) is 5.91 Å². The molecule has 0 aromatic heterocycles. The maximum absolute atomic E-state index is 13.1. The average Bonchev–Trinajstić information content (AvgIpc) is 2.98. The number of hydrogen-bond donors (Lipinski definition) is 3. The zero-order chi connectivity index (χ0) is 33.5. The minimum atomic E-state index is -3.74. The van der Waals surface area contributed by atoms with Crippen LogP contribution in [0.2, 0.25) is 0 Å². The summed E-state index contributed by atoms with van der Waals surface area (Å²) < 4.78 is 37.4. The Balaban J connectivity index is 1.50. The first-order chi connectivity index (χ1) is 21.7. The van der Waals surface area contributed by atoms with E-state index in [1.165, 1.54) is 4.90 Å². The van der Waals surface area contributed by atoms with Gasteiger partial charge >= 0.3 is 6.09 Å². The van der Waals surface area contributed by atoms with Crippen molar-refractivity contribution in [2.75, 3.05) is 25.1 Å². The molecule has 10 nitrogen and oxygen atoms in total. The van der Waals surface area contributed by atoms with Crippen LogP contribution in [-0.4, -0.2) is 61.5 Å². The van der Waals surface area contributed by atoms with Gasteiger partial charge in [-0.2, -0.15) is 0 Å². The van der Waals surface area contributed by atoms with E-state index in [9.17, 15) is 23.1 Å². The second-order valence-corrected chi connectivity index (χ2v) is 14.6. The summed E-state index contributed by atoms with van der Waals surface area (Å²) in [5, 5.41) is 10.9. The summed E-state index contributed by atoms with van der Waals surface area (Å²) in [6.07, 6.45) is 4.95. The van der Waals surface area contributed by atoms with Gasteiger partial charge in [0.15, 0.2) is 0 Å². The van der Waals surface area contributed by atoms with Gasteiger partial charge in [-0.05, 0) is 99.4 Å². The van der Waals surface area contributed by atoms with Crippen LogP contribution in [0.25, 0.3) is 11.1 Å². The zero-order valence-corrected chi connectivity index (χ0v) is 27.8. The number of ether oxygens (including phenoxy) is 2. The van der Waals surface area contributed by atoms with E-state index in [0.29, 0.717) is 30.0 Å². The molecule has 1 fully saturated rings. The molecule has 0 aliphatic heterocycles. The van der Waals surface area contributed by atoms with Crippen LogP contribution in [-0.2, 0) is 21.2 Å². The van der Waals surface area contributed by atoms with Crippen LogP contribution in [0.4, 0.5) is 10.5 Å². The number of aliphatic hydroxyl groups excluding tert-OH is 1. The number of aliphatic hydroxyl groups is 1. The van der Waals surface area contributed by atoms with Crippen LogP contribution in [0.5, 0.6) is 5.75 Å². The predicted molar refractivity (Wildman–Crippen MR) is 179 cm³/mol. The molecular weight excluding hydrogens is 606 g/mol. The van der Waals surface area contributed by atoms with Crippen LogP contribution >= 0.6 is 0 Å². The Bertz CT molecular complexity index is 1610. The van der Waals surface area contributed by atoms with E-state index in [1.807, 2.05) is 29.0 Å². The highest BCUT2D eigenvalue weighted by Gasteiger charge is 2.25. The van der Waals surface area contributed by atoms with Crippen molar-refractivity contribution < 1.29 is 32.6 Å². The molecule has 11 heteroatoms. The van der Waals surface area contributed by atoms with Crippen molar-refractivity contribution in [1.29, 1.82) is 0 Å². The first kappa shape index (κ1) is 34.8. The lowest BCUT2D eigenvalue weighted by Crippen LogP contribution is -2.40. The molecule has 3 aromatic rings. The topological polar surface area (TPSA) is 148 Å². The molecule has 0 bridgehead atoms. The molecule has 0 heterocycles. The van der Waals surface area contributed by atoms with Gasteiger partial charge in [-0.15, -0.1) is 0 Å². The third kappa shape index (κ3) is 10.5. The normalized spacial score (nSPS) is 14.7. The number of amides is 2. The average molecular weight is 652 g/mol. The summed E-state index contributed by atoms with van der Waals surface area (Å²) in [5.41, 5.74) is 9.17. The van der Waals surface area contributed by atoms with E-state index in [0.717, 1.165) is 55.1 Å². The lowest BCUT2D eigenvalue weighted by molar-refractivity contribution is 0.0147. The monoisotopic (exact) mass is 651 g/mol. The second kappa shape index (κ2) is 15.0. The second-order valence-electron chi connectivity index (χ2n) is 12.9. The van der Waals surface area contributed by atoms with Gasteiger partial charge in [-0.1, -0.05) is 48.9 Å². The first-order valence-electron chi connectivity index (χ1n) is 15.6. The molecule has 248 valence electrons. The van der Waals surface area contributed by atoms with Gasteiger partial charge in [-0.25, -0.2) is 17.9 Å². The van der Waals surface area contributed by atoms with E-state index in [2.05, 4.69) is 0 Å². The summed E-state index contributed by atoms with van der Waals surface area (Å²) in [6, 6.07) is 19.9. The van der Waals surface area contributed by atoms with E-state index < -0.39 is 33.7 Å². The Morgan fingerprint density at radius 1 is 1.00 bits per heavy atom. The predicted octanol–water partition coefficient (Wildman–Crippen LogP) is 5.85. The quantitative estimate of drug-likeness (QED) is 0.219. The van der Waals surface area contributed by atoms with Crippen molar-refractivity contribution in [2.24, 2.45) is 0 Å². The fourth-order valence-electron chi connectivity index (χ4n) is 5.36.